The second kappa shape index (κ2) is 13.2. The summed E-state index contributed by atoms with van der Waals surface area (Å²) < 4.78 is 20.8. The average Bonchev–Trinajstić information content (AvgIpc) is 3.35. The van der Waals surface area contributed by atoms with Crippen LogP contribution >= 0.6 is 23.1 Å². The molecular weight excluding hydrogens is 582 g/mol. The van der Waals surface area contributed by atoms with Crippen molar-refractivity contribution in [2.75, 3.05) is 18.6 Å². The lowest BCUT2D eigenvalue weighted by atomic mass is 9.98. The van der Waals surface area contributed by atoms with Gasteiger partial charge in [-0.1, -0.05) is 11.6 Å². The lowest BCUT2D eigenvalue weighted by Gasteiger charge is -2.49. The third-order valence-corrected chi connectivity index (χ3v) is 8.12. The number of nitrogens with one attached hydrogen (secondary N) is 1. The van der Waals surface area contributed by atoms with Crippen molar-refractivity contribution in [1.29, 1.82) is 0 Å². The van der Waals surface area contributed by atoms with Crippen molar-refractivity contribution in [3.05, 3.63) is 22.5 Å². The Labute approximate surface area is 242 Å². The Kier molecular flexibility index (Phi) is 9.69. The summed E-state index contributed by atoms with van der Waals surface area (Å²) in [6.45, 7) is 2.45. The number of β-lactam (4-membered cyclic amide) rings is 1. The largest absolute Gasteiger partial charge is 0.511 e. The highest BCUT2D eigenvalue weighted by Gasteiger charge is 2.55. The monoisotopic (exact) mass is 611 g/mol. The predicted octanol–water partition coefficient (Wildman–Crippen LogP) is 1.63. The Morgan fingerprint density at radius 1 is 1.20 bits per heavy atom. The molecule has 1 aromatic rings. The maximum absolute atomic E-state index is 13.2. The van der Waals surface area contributed by atoms with E-state index in [1.807, 2.05) is 0 Å². The Balaban J connectivity index is 1.44. The van der Waals surface area contributed by atoms with E-state index in [2.05, 4.69) is 15.5 Å². The number of rotatable bonds is 9. The number of esters is 2. The van der Waals surface area contributed by atoms with Gasteiger partial charge in [0, 0.05) is 19.2 Å². The van der Waals surface area contributed by atoms with E-state index in [1.165, 1.54) is 19.4 Å². The number of amides is 2. The molecule has 0 bridgehead atoms. The highest BCUT2D eigenvalue weighted by Crippen LogP contribution is 2.41. The molecule has 15 nitrogen and oxygen atoms in total. The molecule has 0 aromatic carbocycles. The van der Waals surface area contributed by atoms with Crippen molar-refractivity contribution < 1.29 is 47.8 Å². The molecule has 2 aliphatic heterocycles. The SMILES string of the molecule is CO/N=C(\C(=O)N[C@@H]1C(=O)N2C(C(=O)OC(C)OC(=O)OC3CCCCC3)=C(OC(C)=O)CS[C@H]12)c1csc(N)n1. The number of nitrogens with zero attached hydrogens (tertiary/aromatic N) is 3. The van der Waals surface area contributed by atoms with Crippen LogP contribution in [0, 0.1) is 0 Å². The maximum atomic E-state index is 13.2. The molecule has 222 valence electrons. The van der Waals surface area contributed by atoms with Gasteiger partial charge in [-0.2, -0.15) is 0 Å². The van der Waals surface area contributed by atoms with Gasteiger partial charge < -0.3 is 34.8 Å². The Morgan fingerprint density at radius 2 is 1.93 bits per heavy atom. The summed E-state index contributed by atoms with van der Waals surface area (Å²) in [5, 5.41) is 7.24. The van der Waals surface area contributed by atoms with E-state index in [4.69, 9.17) is 29.5 Å². The molecule has 2 fully saturated rings. The van der Waals surface area contributed by atoms with Crippen molar-refractivity contribution in [2.45, 2.75) is 69.8 Å². The number of carbonyl (C=O) groups excluding carboxylic acids is 5. The van der Waals surface area contributed by atoms with E-state index >= 15 is 0 Å². The number of anilines is 1. The lowest BCUT2D eigenvalue weighted by molar-refractivity contribution is -0.170. The van der Waals surface area contributed by atoms with Gasteiger partial charge >= 0.3 is 18.1 Å². The van der Waals surface area contributed by atoms with Crippen LogP contribution in [0.15, 0.2) is 22.0 Å². The fraction of sp³-hybridized carbons (Fsp3) is 0.542. The zero-order chi connectivity index (χ0) is 29.7. The molecule has 1 aromatic heterocycles. The molecule has 3 N–H and O–H groups in total. The summed E-state index contributed by atoms with van der Waals surface area (Å²) in [6.07, 6.45) is 1.80. The molecule has 0 radical (unpaired) electrons. The van der Waals surface area contributed by atoms with Crippen molar-refractivity contribution >= 4 is 63.9 Å². The molecule has 1 saturated carbocycles. The van der Waals surface area contributed by atoms with Crippen LogP contribution in [0.1, 0.15) is 51.6 Å². The minimum absolute atomic E-state index is 0.00538. The van der Waals surface area contributed by atoms with Gasteiger partial charge in [0.1, 0.15) is 36.1 Å². The first-order valence-corrected chi connectivity index (χ1v) is 14.6. The molecule has 3 heterocycles. The van der Waals surface area contributed by atoms with Crippen LogP contribution in [0.25, 0.3) is 0 Å². The molecule has 41 heavy (non-hydrogen) atoms. The second-order valence-corrected chi connectivity index (χ2v) is 11.1. The summed E-state index contributed by atoms with van der Waals surface area (Å²) in [6, 6.07) is -1.06. The number of aromatic nitrogens is 1. The number of fused-ring (bicyclic) bond motifs is 1. The number of thioether (sulfide) groups is 1. The minimum atomic E-state index is -1.37. The molecule has 1 saturated heterocycles. The van der Waals surface area contributed by atoms with Gasteiger partial charge in [0.2, 0.25) is 6.29 Å². The van der Waals surface area contributed by atoms with Crippen molar-refractivity contribution in [2.24, 2.45) is 5.16 Å². The standard InChI is InChI=1S/C24H29N5O10S2/c1-11(30)36-15-10-40-21-17(27-19(31)16(28-35-3)14-9-41-23(25)26-14)20(32)29(21)18(15)22(33)37-12(2)38-24(34)39-13-7-5-4-6-8-13/h9,12-13,17,21H,4-8,10H2,1-3H3,(H2,25,26)(H,27,31)/b28-16-/t12?,17-,21-/m1/s1. The molecule has 2 amide bonds. The third kappa shape index (κ3) is 7.08. The number of nitrogens with two attached hydrogens (primary N) is 1. The van der Waals surface area contributed by atoms with E-state index in [-0.39, 0.29) is 39.9 Å². The van der Waals surface area contributed by atoms with E-state index in [1.54, 1.807) is 0 Å². The first kappa shape index (κ1) is 30.1. The quantitative estimate of drug-likeness (QED) is 0.102. The van der Waals surface area contributed by atoms with Crippen LogP contribution in [-0.2, 0) is 43.0 Å². The number of nitrogen functional groups attached to an aromatic ring is 1. The van der Waals surface area contributed by atoms with Gasteiger partial charge in [-0.15, -0.1) is 23.1 Å². The van der Waals surface area contributed by atoms with E-state index < -0.39 is 47.6 Å². The van der Waals surface area contributed by atoms with E-state index in [9.17, 15) is 24.0 Å². The number of carbonyl (C=O) groups is 5. The average molecular weight is 612 g/mol. The molecule has 3 aliphatic rings. The summed E-state index contributed by atoms with van der Waals surface area (Å²) in [5.74, 6) is -3.32. The minimum Gasteiger partial charge on any atom is -0.431 e. The van der Waals surface area contributed by atoms with E-state index in [0.29, 0.717) is 0 Å². The third-order valence-electron chi connectivity index (χ3n) is 6.19. The van der Waals surface area contributed by atoms with E-state index in [0.717, 1.165) is 67.0 Å². The van der Waals surface area contributed by atoms with Gasteiger partial charge in [0.25, 0.3) is 11.8 Å². The molecule has 0 spiro atoms. The second-order valence-electron chi connectivity index (χ2n) is 9.14. The van der Waals surface area contributed by atoms with Gasteiger partial charge in [-0.05, 0) is 25.7 Å². The molecule has 17 heteroatoms. The summed E-state index contributed by atoms with van der Waals surface area (Å²) >= 11 is 2.24. The van der Waals surface area contributed by atoms with Crippen molar-refractivity contribution in [3.63, 3.8) is 0 Å². The molecule has 4 rings (SSSR count). The van der Waals surface area contributed by atoms with Crippen molar-refractivity contribution in [1.82, 2.24) is 15.2 Å². The topological polar surface area (TPSA) is 198 Å². The smallest absolute Gasteiger partial charge is 0.431 e. The van der Waals surface area contributed by atoms with Crippen LogP contribution in [0.4, 0.5) is 9.93 Å². The first-order chi connectivity index (χ1) is 19.6. The summed E-state index contributed by atoms with van der Waals surface area (Å²) in [4.78, 5) is 73.0. The van der Waals surface area contributed by atoms with Crippen LogP contribution in [0.2, 0.25) is 0 Å². The molecule has 1 aliphatic carbocycles. The Morgan fingerprint density at radius 3 is 2.56 bits per heavy atom. The van der Waals surface area contributed by atoms with Gasteiger partial charge in [0.05, 0.1) is 5.75 Å². The molecule has 1 unspecified atom stereocenters. The zero-order valence-corrected chi connectivity index (χ0v) is 24.1. The summed E-state index contributed by atoms with van der Waals surface area (Å²) in [7, 11) is 1.25. The van der Waals surface area contributed by atoms with Gasteiger partial charge in [0.15, 0.2) is 16.5 Å². The number of hydrogen-bond donors (Lipinski definition) is 2. The number of ether oxygens (including phenoxy) is 4. The number of oxime groups is 1. The van der Waals surface area contributed by atoms with Crippen LogP contribution in [0.5, 0.6) is 0 Å². The number of thiazole rings is 1. The highest BCUT2D eigenvalue weighted by molar-refractivity contribution is 8.00. The van der Waals surface area contributed by atoms with Crippen molar-refractivity contribution in [3.8, 4) is 0 Å². The fourth-order valence-corrected chi connectivity index (χ4v) is 6.25. The Hall–Kier alpha value is -3.86. The fourth-order valence-electron chi connectivity index (χ4n) is 4.45. The number of hydrogen-bond acceptors (Lipinski definition) is 15. The zero-order valence-electron chi connectivity index (χ0n) is 22.4. The van der Waals surface area contributed by atoms with Gasteiger partial charge in [-0.3, -0.25) is 19.3 Å². The molecule has 3 atom stereocenters. The van der Waals surface area contributed by atoms with Gasteiger partial charge in [-0.25, -0.2) is 14.6 Å². The van der Waals surface area contributed by atoms with Crippen LogP contribution in [0.3, 0.4) is 0 Å². The normalized spacial score (nSPS) is 21.7. The van der Waals surface area contributed by atoms with Crippen LogP contribution < -0.4 is 11.1 Å². The highest BCUT2D eigenvalue weighted by atomic mass is 32.2. The molecular formula is C24H29N5O10S2. The first-order valence-electron chi connectivity index (χ1n) is 12.7. The maximum Gasteiger partial charge on any atom is 0.511 e. The van der Waals surface area contributed by atoms with Crippen LogP contribution in [-0.4, -0.2) is 82.2 Å². The Bertz CT molecular complexity index is 1280. The summed E-state index contributed by atoms with van der Waals surface area (Å²) in [5.41, 5.74) is 5.27. The lowest BCUT2D eigenvalue weighted by Crippen LogP contribution is -2.71. The predicted molar refractivity (Wildman–Crippen MR) is 144 cm³/mol.